The van der Waals surface area contributed by atoms with Gasteiger partial charge in [0.05, 0.1) is 11.6 Å². The normalized spacial score (nSPS) is 19.4. The number of carbonyl (C=O) groups excluding carboxylic acids is 2. The molecule has 4 aromatic rings. The van der Waals surface area contributed by atoms with Crippen LogP contribution in [0.1, 0.15) is 60.5 Å². The Morgan fingerprint density at radius 1 is 1.12 bits per heavy atom. The first kappa shape index (κ1) is 28.1. The summed E-state index contributed by atoms with van der Waals surface area (Å²) >= 11 is 2.44. The number of Topliss-reactive ketones (excluding diaryl/α,β-unsaturated/α-hetero) is 1. The number of fused-ring (bicyclic) bond motifs is 1. The molecule has 3 heterocycles. The third-order valence-electron chi connectivity index (χ3n) is 7.44. The summed E-state index contributed by atoms with van der Waals surface area (Å²) in [5, 5.41) is 20.2. The fourth-order valence-electron chi connectivity index (χ4n) is 5.25. The molecule has 10 heteroatoms. The number of aromatic nitrogens is 2. The molecule has 1 saturated heterocycles. The number of rotatable bonds is 7. The molecule has 7 nitrogen and oxygen atoms in total. The van der Waals surface area contributed by atoms with E-state index >= 15 is 0 Å². The number of anilines is 1. The molecule has 1 N–H and O–H groups in total. The third kappa shape index (κ3) is 5.20. The molecule has 2 unspecified atom stereocenters. The van der Waals surface area contributed by atoms with Gasteiger partial charge in [0, 0.05) is 17.7 Å². The van der Waals surface area contributed by atoms with E-state index in [2.05, 4.69) is 24.0 Å². The number of amides is 1. The molecule has 1 amide bonds. The lowest BCUT2D eigenvalue weighted by Gasteiger charge is -2.23. The second-order valence-electron chi connectivity index (χ2n) is 10.7. The summed E-state index contributed by atoms with van der Waals surface area (Å²) in [5.41, 5.74) is 3.64. The highest BCUT2D eigenvalue weighted by atomic mass is 32.2. The Morgan fingerprint density at radius 3 is 2.62 bits per heavy atom. The highest BCUT2D eigenvalue weighted by molar-refractivity contribution is 8.00. The summed E-state index contributed by atoms with van der Waals surface area (Å²) in [5.74, 6) is -0.789. The van der Waals surface area contributed by atoms with E-state index in [0.717, 1.165) is 28.2 Å². The van der Waals surface area contributed by atoms with E-state index in [9.17, 15) is 19.1 Å². The maximum atomic E-state index is 14.1. The molecule has 1 fully saturated rings. The summed E-state index contributed by atoms with van der Waals surface area (Å²) in [7, 11) is 0. The number of aliphatic hydroxyl groups is 1. The van der Waals surface area contributed by atoms with Crippen molar-refractivity contribution >= 4 is 45.7 Å². The van der Waals surface area contributed by atoms with Crippen molar-refractivity contribution in [1.82, 2.24) is 10.2 Å². The van der Waals surface area contributed by atoms with Gasteiger partial charge in [0.25, 0.3) is 5.78 Å². The molecule has 2 aliphatic heterocycles. The Labute approximate surface area is 251 Å². The third-order valence-corrected chi connectivity index (χ3v) is 9.55. The van der Waals surface area contributed by atoms with Crippen LogP contribution < -0.4 is 9.64 Å². The number of ketones is 1. The van der Waals surface area contributed by atoms with E-state index in [0.29, 0.717) is 39.1 Å². The summed E-state index contributed by atoms with van der Waals surface area (Å²) in [6.45, 7) is 6.14. The van der Waals surface area contributed by atoms with Crippen molar-refractivity contribution in [3.63, 3.8) is 0 Å². The van der Waals surface area contributed by atoms with Gasteiger partial charge in [-0.3, -0.25) is 14.5 Å². The van der Waals surface area contributed by atoms with Gasteiger partial charge in [0.1, 0.15) is 23.4 Å². The SMILES string of the molecule is CC1Cc2cc(/C(O)=C3\C(=O)C(=O)N(c4nnc(SCc5ccccc5F)s4)C3c3ccc(C(C)C)cc3)ccc2O1. The van der Waals surface area contributed by atoms with Crippen molar-refractivity contribution in [3.05, 3.63) is 106 Å². The molecule has 0 aliphatic carbocycles. The molecule has 6 rings (SSSR count). The second-order valence-corrected chi connectivity index (χ2v) is 12.9. The lowest BCUT2D eigenvalue weighted by Crippen LogP contribution is -2.29. The standard InChI is InChI=1S/C32H28FN3O4S2/c1-17(2)19-8-10-20(11-9-19)27-26(28(37)21-12-13-25-23(15-21)14-18(3)40-25)29(38)30(39)36(27)31-34-35-32(42-31)41-16-22-6-4-5-7-24(22)33/h4-13,15,17-18,27,37H,14,16H2,1-3H3/b28-26+. The fourth-order valence-corrected chi connectivity index (χ4v) is 7.10. The molecule has 0 spiro atoms. The van der Waals surface area contributed by atoms with E-state index < -0.39 is 17.7 Å². The van der Waals surface area contributed by atoms with Gasteiger partial charge in [-0.1, -0.05) is 79.4 Å². The fraction of sp³-hybridized carbons (Fsp3) is 0.250. The topological polar surface area (TPSA) is 92.6 Å². The van der Waals surface area contributed by atoms with Crippen LogP contribution in [0.5, 0.6) is 5.75 Å². The first-order chi connectivity index (χ1) is 20.2. The molecular weight excluding hydrogens is 574 g/mol. The number of ether oxygens (including phenoxy) is 1. The minimum absolute atomic E-state index is 0.0139. The molecule has 3 aromatic carbocycles. The van der Waals surface area contributed by atoms with Gasteiger partial charge in [0.2, 0.25) is 5.13 Å². The summed E-state index contributed by atoms with van der Waals surface area (Å²) in [6, 6.07) is 18.6. The van der Waals surface area contributed by atoms with Crippen LogP contribution in [-0.4, -0.2) is 33.1 Å². The molecule has 0 saturated carbocycles. The van der Waals surface area contributed by atoms with Gasteiger partial charge >= 0.3 is 5.91 Å². The van der Waals surface area contributed by atoms with Crippen molar-refractivity contribution in [2.24, 2.45) is 0 Å². The molecule has 2 atom stereocenters. The summed E-state index contributed by atoms with van der Waals surface area (Å²) in [4.78, 5) is 28.5. The highest BCUT2D eigenvalue weighted by Crippen LogP contribution is 2.45. The number of carbonyl (C=O) groups is 2. The van der Waals surface area contributed by atoms with E-state index in [4.69, 9.17) is 4.74 Å². The van der Waals surface area contributed by atoms with Crippen LogP contribution in [0.15, 0.2) is 76.6 Å². The van der Waals surface area contributed by atoms with Crippen molar-refractivity contribution in [2.45, 2.75) is 55.3 Å². The maximum absolute atomic E-state index is 14.1. The Balaban J connectivity index is 1.40. The molecule has 0 bridgehead atoms. The Hall–Kier alpha value is -4.02. The predicted molar refractivity (Wildman–Crippen MR) is 161 cm³/mol. The average molecular weight is 602 g/mol. The quantitative estimate of drug-likeness (QED) is 0.0798. The first-order valence-electron chi connectivity index (χ1n) is 13.6. The van der Waals surface area contributed by atoms with Crippen LogP contribution in [-0.2, 0) is 21.8 Å². The number of hydrogen-bond acceptors (Lipinski definition) is 8. The zero-order valence-electron chi connectivity index (χ0n) is 23.2. The van der Waals surface area contributed by atoms with Crippen LogP contribution in [0.25, 0.3) is 5.76 Å². The molecular formula is C32H28FN3O4S2. The van der Waals surface area contributed by atoms with Crippen LogP contribution in [0.3, 0.4) is 0 Å². The number of aliphatic hydroxyl groups excluding tert-OH is 1. The molecule has 42 heavy (non-hydrogen) atoms. The van der Waals surface area contributed by atoms with Crippen LogP contribution >= 0.6 is 23.1 Å². The molecule has 214 valence electrons. The smallest absolute Gasteiger partial charge is 0.301 e. The number of thioether (sulfide) groups is 1. The van der Waals surface area contributed by atoms with Gasteiger partial charge in [-0.15, -0.1) is 10.2 Å². The average Bonchev–Trinajstić information content (AvgIpc) is 3.67. The van der Waals surface area contributed by atoms with Crippen molar-refractivity contribution in [3.8, 4) is 5.75 Å². The number of halogens is 1. The van der Waals surface area contributed by atoms with Gasteiger partial charge < -0.3 is 9.84 Å². The lowest BCUT2D eigenvalue weighted by atomic mass is 9.93. The van der Waals surface area contributed by atoms with E-state index in [1.165, 1.54) is 22.7 Å². The summed E-state index contributed by atoms with van der Waals surface area (Å²) < 4.78 is 20.5. The van der Waals surface area contributed by atoms with Crippen LogP contribution in [0.2, 0.25) is 0 Å². The zero-order chi connectivity index (χ0) is 29.5. The monoisotopic (exact) mass is 601 g/mol. The van der Waals surface area contributed by atoms with Crippen LogP contribution in [0.4, 0.5) is 9.52 Å². The molecule has 2 aliphatic rings. The zero-order valence-corrected chi connectivity index (χ0v) is 24.8. The van der Waals surface area contributed by atoms with Crippen LogP contribution in [0, 0.1) is 5.82 Å². The Kier molecular flexibility index (Phi) is 7.59. The maximum Gasteiger partial charge on any atom is 0.301 e. The van der Waals surface area contributed by atoms with E-state index in [1.54, 1.807) is 30.3 Å². The number of hydrogen-bond donors (Lipinski definition) is 1. The first-order valence-corrected chi connectivity index (χ1v) is 15.4. The van der Waals surface area contributed by atoms with Gasteiger partial charge in [-0.05, 0) is 59.4 Å². The van der Waals surface area contributed by atoms with Crippen molar-refractivity contribution in [2.75, 3.05) is 4.90 Å². The largest absolute Gasteiger partial charge is 0.507 e. The Morgan fingerprint density at radius 2 is 1.88 bits per heavy atom. The van der Waals surface area contributed by atoms with E-state index in [1.807, 2.05) is 37.3 Å². The van der Waals surface area contributed by atoms with Crippen molar-refractivity contribution in [1.29, 1.82) is 0 Å². The van der Waals surface area contributed by atoms with Gasteiger partial charge in [-0.2, -0.15) is 0 Å². The molecule has 0 radical (unpaired) electrons. The van der Waals surface area contributed by atoms with Gasteiger partial charge in [-0.25, -0.2) is 4.39 Å². The lowest BCUT2D eigenvalue weighted by molar-refractivity contribution is -0.132. The van der Waals surface area contributed by atoms with Gasteiger partial charge in [0.15, 0.2) is 4.34 Å². The van der Waals surface area contributed by atoms with Crippen molar-refractivity contribution < 1.29 is 23.8 Å². The number of benzene rings is 3. The number of nitrogens with zero attached hydrogens (tertiary/aromatic N) is 3. The summed E-state index contributed by atoms with van der Waals surface area (Å²) in [6.07, 6.45) is 0.702. The minimum atomic E-state index is -0.910. The van der Waals surface area contributed by atoms with E-state index in [-0.39, 0.29) is 28.4 Å². The minimum Gasteiger partial charge on any atom is -0.507 e. The Bertz CT molecular complexity index is 1720. The second kappa shape index (κ2) is 11.3. The highest BCUT2D eigenvalue weighted by Gasteiger charge is 2.48. The molecule has 1 aromatic heterocycles. The predicted octanol–water partition coefficient (Wildman–Crippen LogP) is 7.04.